The molecular weight excluding hydrogens is 252 g/mol. The fraction of sp³-hybridized carbons (Fsp3) is 0.438. The van der Waals surface area contributed by atoms with Crippen LogP contribution in [0.15, 0.2) is 34.9 Å². The lowest BCUT2D eigenvalue weighted by Crippen LogP contribution is -2.21. The highest BCUT2D eigenvalue weighted by Crippen LogP contribution is 2.21. The van der Waals surface area contributed by atoms with Gasteiger partial charge in [-0.25, -0.2) is 0 Å². The van der Waals surface area contributed by atoms with Gasteiger partial charge in [0.2, 0.25) is 0 Å². The van der Waals surface area contributed by atoms with Crippen molar-refractivity contribution < 1.29 is 9.26 Å². The summed E-state index contributed by atoms with van der Waals surface area (Å²) in [5.41, 5.74) is 3.24. The van der Waals surface area contributed by atoms with E-state index in [0.29, 0.717) is 6.04 Å². The molecule has 2 rings (SSSR count). The molecule has 0 radical (unpaired) electrons. The number of rotatable bonds is 7. The monoisotopic (exact) mass is 274 g/mol. The molecule has 4 heteroatoms. The highest BCUT2D eigenvalue weighted by Gasteiger charge is 2.07. The molecular formula is C16H22N2O2. The number of hydrogen-bond acceptors (Lipinski definition) is 4. The minimum atomic E-state index is 0.440. The van der Waals surface area contributed by atoms with Crippen LogP contribution in [0.25, 0.3) is 11.3 Å². The van der Waals surface area contributed by atoms with Crippen molar-refractivity contribution >= 4 is 0 Å². The first-order valence-electron chi connectivity index (χ1n) is 6.96. The lowest BCUT2D eigenvalue weighted by atomic mass is 10.1. The van der Waals surface area contributed by atoms with Crippen LogP contribution in [0.2, 0.25) is 0 Å². The highest BCUT2D eigenvalue weighted by molar-refractivity contribution is 5.57. The van der Waals surface area contributed by atoms with Crippen LogP contribution in [0, 0.1) is 0 Å². The van der Waals surface area contributed by atoms with E-state index in [1.807, 2.05) is 6.07 Å². The SMILES string of the molecule is COCCc1ccc(-c2cc(CNC(C)C)no2)cc1. The topological polar surface area (TPSA) is 47.3 Å². The second-order valence-corrected chi connectivity index (χ2v) is 5.16. The van der Waals surface area contributed by atoms with Gasteiger partial charge in [0.15, 0.2) is 5.76 Å². The molecule has 2 aromatic rings. The molecule has 0 fully saturated rings. The summed E-state index contributed by atoms with van der Waals surface area (Å²) in [6, 6.07) is 10.7. The third-order valence-corrected chi connectivity index (χ3v) is 3.08. The van der Waals surface area contributed by atoms with Gasteiger partial charge in [-0.1, -0.05) is 43.3 Å². The van der Waals surface area contributed by atoms with Crippen LogP contribution in [0.4, 0.5) is 0 Å². The Hall–Kier alpha value is -1.65. The molecule has 0 unspecified atom stereocenters. The number of nitrogens with one attached hydrogen (secondary N) is 1. The van der Waals surface area contributed by atoms with Gasteiger partial charge < -0.3 is 14.6 Å². The number of ether oxygens (including phenoxy) is 1. The fourth-order valence-electron chi connectivity index (χ4n) is 1.90. The van der Waals surface area contributed by atoms with Crippen molar-refractivity contribution in [2.45, 2.75) is 32.9 Å². The normalized spacial score (nSPS) is 11.2. The third-order valence-electron chi connectivity index (χ3n) is 3.08. The van der Waals surface area contributed by atoms with E-state index < -0.39 is 0 Å². The summed E-state index contributed by atoms with van der Waals surface area (Å²) in [6.07, 6.45) is 0.927. The van der Waals surface area contributed by atoms with Crippen LogP contribution in [-0.2, 0) is 17.7 Å². The van der Waals surface area contributed by atoms with E-state index in [2.05, 4.69) is 48.6 Å². The summed E-state index contributed by atoms with van der Waals surface area (Å²) in [4.78, 5) is 0. The van der Waals surface area contributed by atoms with Gasteiger partial charge in [0.1, 0.15) is 0 Å². The molecule has 0 spiro atoms. The van der Waals surface area contributed by atoms with Crippen LogP contribution in [0.5, 0.6) is 0 Å². The van der Waals surface area contributed by atoms with Crippen LogP contribution < -0.4 is 5.32 Å². The number of methoxy groups -OCH3 is 1. The van der Waals surface area contributed by atoms with E-state index in [1.165, 1.54) is 5.56 Å². The number of aromatic nitrogens is 1. The lowest BCUT2D eigenvalue weighted by molar-refractivity contribution is 0.202. The minimum Gasteiger partial charge on any atom is -0.384 e. The standard InChI is InChI=1S/C16H22N2O2/c1-12(2)17-11-15-10-16(20-18-15)14-6-4-13(5-7-14)8-9-19-3/h4-7,10,12,17H,8-9,11H2,1-3H3. The minimum absolute atomic E-state index is 0.440. The molecule has 1 N–H and O–H groups in total. The third kappa shape index (κ3) is 4.18. The molecule has 1 aromatic carbocycles. The molecule has 0 saturated carbocycles. The zero-order chi connectivity index (χ0) is 14.4. The van der Waals surface area contributed by atoms with Crippen molar-refractivity contribution in [1.82, 2.24) is 10.5 Å². The summed E-state index contributed by atoms with van der Waals surface area (Å²) >= 11 is 0. The molecule has 1 heterocycles. The Morgan fingerprint density at radius 2 is 2.00 bits per heavy atom. The number of benzene rings is 1. The van der Waals surface area contributed by atoms with Crippen molar-refractivity contribution in [3.05, 3.63) is 41.6 Å². The van der Waals surface area contributed by atoms with Gasteiger partial charge >= 0.3 is 0 Å². The molecule has 0 aliphatic rings. The first-order valence-corrected chi connectivity index (χ1v) is 6.96. The quantitative estimate of drug-likeness (QED) is 0.843. The number of hydrogen-bond donors (Lipinski definition) is 1. The Kier molecular flexibility index (Phi) is 5.32. The Morgan fingerprint density at radius 1 is 1.25 bits per heavy atom. The summed E-state index contributed by atoms with van der Waals surface area (Å²) in [6.45, 7) is 5.69. The molecule has 108 valence electrons. The van der Waals surface area contributed by atoms with Gasteiger partial charge in [-0.2, -0.15) is 0 Å². The van der Waals surface area contributed by atoms with Gasteiger partial charge in [0, 0.05) is 31.3 Å². The molecule has 0 amide bonds. The molecule has 1 aromatic heterocycles. The van der Waals surface area contributed by atoms with Crippen molar-refractivity contribution in [2.24, 2.45) is 0 Å². The van der Waals surface area contributed by atoms with Crippen LogP contribution in [0.3, 0.4) is 0 Å². The maximum absolute atomic E-state index is 5.39. The summed E-state index contributed by atoms with van der Waals surface area (Å²) in [5.74, 6) is 0.809. The van der Waals surface area contributed by atoms with Gasteiger partial charge in [-0.15, -0.1) is 0 Å². The molecule has 0 aliphatic heterocycles. The predicted octanol–water partition coefficient (Wildman–Crippen LogP) is 3.03. The summed E-state index contributed by atoms with van der Waals surface area (Å²) in [7, 11) is 1.72. The average Bonchev–Trinajstić information content (AvgIpc) is 2.92. The van der Waals surface area contributed by atoms with E-state index in [9.17, 15) is 0 Å². The molecule has 0 aliphatic carbocycles. The first-order chi connectivity index (χ1) is 9.69. The highest BCUT2D eigenvalue weighted by atomic mass is 16.5. The van der Waals surface area contributed by atoms with Crippen molar-refractivity contribution in [2.75, 3.05) is 13.7 Å². The van der Waals surface area contributed by atoms with E-state index in [1.54, 1.807) is 7.11 Å². The Balaban J connectivity index is 2.00. The second-order valence-electron chi connectivity index (χ2n) is 5.16. The molecule has 0 saturated heterocycles. The Bertz CT molecular complexity index is 518. The largest absolute Gasteiger partial charge is 0.384 e. The Labute approximate surface area is 120 Å². The molecule has 20 heavy (non-hydrogen) atoms. The smallest absolute Gasteiger partial charge is 0.167 e. The fourth-order valence-corrected chi connectivity index (χ4v) is 1.90. The average molecular weight is 274 g/mol. The summed E-state index contributed by atoms with van der Waals surface area (Å²) < 4.78 is 10.5. The van der Waals surface area contributed by atoms with E-state index in [4.69, 9.17) is 9.26 Å². The molecule has 0 bridgehead atoms. The van der Waals surface area contributed by atoms with E-state index in [0.717, 1.165) is 36.6 Å². The lowest BCUT2D eigenvalue weighted by Gasteiger charge is -2.03. The molecule has 4 nitrogen and oxygen atoms in total. The Morgan fingerprint density at radius 3 is 2.65 bits per heavy atom. The van der Waals surface area contributed by atoms with Crippen LogP contribution in [-0.4, -0.2) is 24.9 Å². The second kappa shape index (κ2) is 7.22. The number of nitrogens with zero attached hydrogens (tertiary/aromatic N) is 1. The van der Waals surface area contributed by atoms with Crippen LogP contribution >= 0.6 is 0 Å². The van der Waals surface area contributed by atoms with Crippen molar-refractivity contribution in [1.29, 1.82) is 0 Å². The maximum atomic E-state index is 5.39. The predicted molar refractivity (Wildman–Crippen MR) is 79.5 cm³/mol. The van der Waals surface area contributed by atoms with Gasteiger partial charge in [0.05, 0.1) is 12.3 Å². The van der Waals surface area contributed by atoms with Gasteiger partial charge in [-0.3, -0.25) is 0 Å². The summed E-state index contributed by atoms with van der Waals surface area (Å²) in [5, 5.41) is 7.40. The van der Waals surface area contributed by atoms with Crippen molar-refractivity contribution in [3.63, 3.8) is 0 Å². The molecule has 0 atom stereocenters. The van der Waals surface area contributed by atoms with E-state index in [-0.39, 0.29) is 0 Å². The van der Waals surface area contributed by atoms with Gasteiger partial charge in [0.25, 0.3) is 0 Å². The first kappa shape index (κ1) is 14.8. The van der Waals surface area contributed by atoms with E-state index >= 15 is 0 Å². The zero-order valence-corrected chi connectivity index (χ0v) is 12.3. The zero-order valence-electron chi connectivity index (χ0n) is 12.3. The van der Waals surface area contributed by atoms with Gasteiger partial charge in [-0.05, 0) is 12.0 Å². The van der Waals surface area contributed by atoms with Crippen molar-refractivity contribution in [3.8, 4) is 11.3 Å². The maximum Gasteiger partial charge on any atom is 0.167 e. The van der Waals surface area contributed by atoms with Crippen LogP contribution in [0.1, 0.15) is 25.1 Å².